The van der Waals surface area contributed by atoms with Gasteiger partial charge in [-0.1, -0.05) is 17.3 Å². The Balaban J connectivity index is 1.72. The number of carboxylic acid groups (broad SMARTS) is 1. The molecule has 2 aromatic rings. The lowest BCUT2D eigenvalue weighted by atomic mass is 9.98. The summed E-state index contributed by atoms with van der Waals surface area (Å²) in [5, 5.41) is 17.1. The Kier molecular flexibility index (Phi) is 3.55. The maximum Gasteiger partial charge on any atom is 0.308 e. The molecule has 1 unspecified atom stereocenters. The van der Waals surface area contributed by atoms with E-state index in [4.69, 9.17) is 5.11 Å². The molecule has 0 saturated carbocycles. The van der Waals surface area contributed by atoms with Crippen LogP contribution < -0.4 is 0 Å². The molecular weight excluding hydrogens is 272 g/mol. The number of carbonyl (C=O) groups is 2. The Morgan fingerprint density at radius 2 is 2.14 bits per heavy atom. The third-order valence-electron chi connectivity index (χ3n) is 3.83. The van der Waals surface area contributed by atoms with Crippen molar-refractivity contribution in [1.29, 1.82) is 0 Å². The van der Waals surface area contributed by atoms with Crippen LogP contribution in [0.5, 0.6) is 0 Å². The molecule has 3 rings (SSSR count). The van der Waals surface area contributed by atoms with E-state index in [0.29, 0.717) is 13.0 Å². The van der Waals surface area contributed by atoms with Crippen LogP contribution in [0.3, 0.4) is 0 Å². The number of carboxylic acids is 1. The van der Waals surface area contributed by atoms with E-state index in [1.54, 1.807) is 9.58 Å². The van der Waals surface area contributed by atoms with Gasteiger partial charge in [0.1, 0.15) is 12.1 Å². The number of aliphatic carboxylic acids is 1. The number of amides is 1. The van der Waals surface area contributed by atoms with Crippen LogP contribution in [0.1, 0.15) is 12.8 Å². The molecular formula is C14H16N4O3. The zero-order chi connectivity index (χ0) is 14.8. The van der Waals surface area contributed by atoms with Crippen LogP contribution in [0.25, 0.3) is 11.0 Å². The number of nitrogens with zero attached hydrogens (tertiary/aromatic N) is 4. The van der Waals surface area contributed by atoms with Gasteiger partial charge in [-0.3, -0.25) is 9.59 Å². The molecule has 0 radical (unpaired) electrons. The molecule has 1 aliphatic heterocycles. The summed E-state index contributed by atoms with van der Waals surface area (Å²) in [5.74, 6) is -1.41. The summed E-state index contributed by atoms with van der Waals surface area (Å²) < 4.78 is 1.56. The standard InChI is InChI=1S/C14H16N4O3/c19-13(17-7-3-4-10(8-17)14(20)21)9-18-12-6-2-1-5-11(12)15-16-18/h1-2,5-6,10H,3-4,7-9H2,(H,20,21). The van der Waals surface area contributed by atoms with Crippen molar-refractivity contribution in [2.45, 2.75) is 19.4 Å². The van der Waals surface area contributed by atoms with Crippen molar-refractivity contribution in [3.8, 4) is 0 Å². The maximum atomic E-state index is 12.3. The molecule has 1 aliphatic rings. The largest absolute Gasteiger partial charge is 0.481 e. The second-order valence-electron chi connectivity index (χ2n) is 5.25. The average molecular weight is 288 g/mol. The third kappa shape index (κ3) is 2.72. The van der Waals surface area contributed by atoms with Gasteiger partial charge in [-0.05, 0) is 25.0 Å². The van der Waals surface area contributed by atoms with Gasteiger partial charge in [0.05, 0.1) is 11.4 Å². The van der Waals surface area contributed by atoms with E-state index in [2.05, 4.69) is 10.3 Å². The lowest BCUT2D eigenvalue weighted by molar-refractivity contribution is -0.145. The molecule has 0 spiro atoms. The van der Waals surface area contributed by atoms with Crippen LogP contribution >= 0.6 is 0 Å². The molecule has 1 fully saturated rings. The molecule has 7 heteroatoms. The van der Waals surface area contributed by atoms with Crippen molar-refractivity contribution in [3.63, 3.8) is 0 Å². The smallest absolute Gasteiger partial charge is 0.308 e. The first-order chi connectivity index (χ1) is 10.1. The van der Waals surface area contributed by atoms with Crippen LogP contribution in [0.4, 0.5) is 0 Å². The number of carbonyl (C=O) groups excluding carboxylic acids is 1. The number of fused-ring (bicyclic) bond motifs is 1. The average Bonchev–Trinajstić information content (AvgIpc) is 2.91. The summed E-state index contributed by atoms with van der Waals surface area (Å²) in [6, 6.07) is 7.43. The highest BCUT2D eigenvalue weighted by Crippen LogP contribution is 2.17. The lowest BCUT2D eigenvalue weighted by Gasteiger charge is -2.30. The van der Waals surface area contributed by atoms with E-state index in [1.165, 1.54) is 0 Å². The number of hydrogen-bond acceptors (Lipinski definition) is 4. The summed E-state index contributed by atoms with van der Waals surface area (Å²) in [4.78, 5) is 25.0. The topological polar surface area (TPSA) is 88.3 Å². The van der Waals surface area contributed by atoms with Crippen molar-refractivity contribution in [3.05, 3.63) is 24.3 Å². The second-order valence-corrected chi connectivity index (χ2v) is 5.25. The van der Waals surface area contributed by atoms with Crippen molar-refractivity contribution < 1.29 is 14.7 Å². The van der Waals surface area contributed by atoms with Gasteiger partial charge in [0.2, 0.25) is 5.91 Å². The molecule has 0 bridgehead atoms. The Labute approximate surface area is 121 Å². The van der Waals surface area contributed by atoms with Gasteiger partial charge in [-0.2, -0.15) is 0 Å². The second kappa shape index (κ2) is 5.51. The van der Waals surface area contributed by atoms with Gasteiger partial charge >= 0.3 is 5.97 Å². The summed E-state index contributed by atoms with van der Waals surface area (Å²) in [5.41, 5.74) is 1.55. The van der Waals surface area contributed by atoms with E-state index >= 15 is 0 Å². The first-order valence-electron chi connectivity index (χ1n) is 6.94. The van der Waals surface area contributed by atoms with Gasteiger partial charge in [-0.15, -0.1) is 5.10 Å². The normalized spacial score (nSPS) is 18.9. The number of para-hydroxylation sites is 1. The molecule has 1 saturated heterocycles. The zero-order valence-electron chi connectivity index (χ0n) is 11.5. The summed E-state index contributed by atoms with van der Waals surface area (Å²) >= 11 is 0. The number of hydrogen-bond donors (Lipinski definition) is 1. The number of likely N-dealkylation sites (tertiary alicyclic amines) is 1. The number of piperidine rings is 1. The summed E-state index contributed by atoms with van der Waals surface area (Å²) in [6.07, 6.45) is 1.35. The molecule has 1 atom stereocenters. The fourth-order valence-corrected chi connectivity index (χ4v) is 2.67. The van der Waals surface area contributed by atoms with Gasteiger partial charge in [0.15, 0.2) is 0 Å². The predicted molar refractivity (Wildman–Crippen MR) is 74.5 cm³/mol. The van der Waals surface area contributed by atoms with E-state index in [1.807, 2.05) is 24.3 Å². The molecule has 7 nitrogen and oxygen atoms in total. The molecule has 1 amide bonds. The number of benzene rings is 1. The maximum absolute atomic E-state index is 12.3. The molecule has 21 heavy (non-hydrogen) atoms. The zero-order valence-corrected chi connectivity index (χ0v) is 11.5. The highest BCUT2D eigenvalue weighted by atomic mass is 16.4. The van der Waals surface area contributed by atoms with Gasteiger partial charge in [0.25, 0.3) is 0 Å². The summed E-state index contributed by atoms with van der Waals surface area (Å²) in [7, 11) is 0. The number of rotatable bonds is 3. The molecule has 1 N–H and O–H groups in total. The van der Waals surface area contributed by atoms with E-state index in [0.717, 1.165) is 17.5 Å². The van der Waals surface area contributed by atoms with Crippen molar-refractivity contribution in [1.82, 2.24) is 19.9 Å². The first-order valence-corrected chi connectivity index (χ1v) is 6.94. The minimum absolute atomic E-state index is 0.0901. The third-order valence-corrected chi connectivity index (χ3v) is 3.83. The molecule has 110 valence electrons. The van der Waals surface area contributed by atoms with E-state index in [-0.39, 0.29) is 19.0 Å². The van der Waals surface area contributed by atoms with Crippen molar-refractivity contribution in [2.75, 3.05) is 13.1 Å². The minimum atomic E-state index is -0.835. The highest BCUT2D eigenvalue weighted by molar-refractivity contribution is 5.80. The van der Waals surface area contributed by atoms with Gasteiger partial charge < -0.3 is 10.0 Å². The Bertz CT molecular complexity index is 682. The van der Waals surface area contributed by atoms with Crippen LogP contribution in [0, 0.1) is 5.92 Å². The molecule has 0 aliphatic carbocycles. The van der Waals surface area contributed by atoms with E-state index < -0.39 is 11.9 Å². The predicted octanol–water partition coefficient (Wildman–Crippen LogP) is 0.754. The van der Waals surface area contributed by atoms with Crippen LogP contribution in [0.15, 0.2) is 24.3 Å². The fourth-order valence-electron chi connectivity index (χ4n) is 2.67. The minimum Gasteiger partial charge on any atom is -0.481 e. The van der Waals surface area contributed by atoms with Crippen LogP contribution in [-0.2, 0) is 16.1 Å². The Morgan fingerprint density at radius 1 is 1.33 bits per heavy atom. The molecule has 1 aromatic heterocycles. The summed E-state index contributed by atoms with van der Waals surface area (Å²) in [6.45, 7) is 0.975. The monoisotopic (exact) mass is 288 g/mol. The Hall–Kier alpha value is -2.44. The lowest BCUT2D eigenvalue weighted by Crippen LogP contribution is -2.43. The first kappa shape index (κ1) is 13.5. The van der Waals surface area contributed by atoms with Crippen molar-refractivity contribution in [2.24, 2.45) is 5.92 Å². The fraction of sp³-hybridized carbons (Fsp3) is 0.429. The van der Waals surface area contributed by atoms with Crippen LogP contribution in [-0.4, -0.2) is 50.0 Å². The Morgan fingerprint density at radius 3 is 2.95 bits per heavy atom. The van der Waals surface area contributed by atoms with Crippen LogP contribution in [0.2, 0.25) is 0 Å². The van der Waals surface area contributed by atoms with Gasteiger partial charge in [0, 0.05) is 13.1 Å². The molecule has 1 aromatic carbocycles. The van der Waals surface area contributed by atoms with Gasteiger partial charge in [-0.25, -0.2) is 4.68 Å². The highest BCUT2D eigenvalue weighted by Gasteiger charge is 2.28. The molecule has 2 heterocycles. The number of aromatic nitrogens is 3. The quantitative estimate of drug-likeness (QED) is 0.900. The van der Waals surface area contributed by atoms with Crippen molar-refractivity contribution >= 4 is 22.9 Å². The SMILES string of the molecule is O=C(O)C1CCCN(C(=O)Cn2nnc3ccccc32)C1. The van der Waals surface area contributed by atoms with E-state index in [9.17, 15) is 9.59 Å².